The van der Waals surface area contributed by atoms with E-state index in [1.807, 2.05) is 20.9 Å². The minimum absolute atomic E-state index is 0.0613. The first-order valence-electron chi connectivity index (χ1n) is 4.15. The van der Waals surface area contributed by atoms with Crippen LogP contribution in [0.25, 0.3) is 0 Å². The molecule has 1 saturated heterocycles. The second kappa shape index (κ2) is 5.69. The maximum atomic E-state index is 9.04. The lowest BCUT2D eigenvalue weighted by atomic mass is 10.1. The smallest absolute Gasteiger partial charge is 0.0667 e. The highest BCUT2D eigenvalue weighted by Crippen LogP contribution is 2.06. The molecule has 1 heterocycles. The number of hydrogen-bond donors (Lipinski definition) is 1. The van der Waals surface area contributed by atoms with Crippen LogP contribution in [0.4, 0.5) is 0 Å². The molecule has 0 radical (unpaired) electrons. The van der Waals surface area contributed by atoms with Crippen LogP contribution in [-0.4, -0.2) is 36.2 Å². The number of likely N-dealkylation sites (tertiary alicyclic amines) is 1. The van der Waals surface area contributed by atoms with Crippen LogP contribution >= 0.6 is 0 Å². The van der Waals surface area contributed by atoms with Crippen LogP contribution in [0.5, 0.6) is 0 Å². The number of aliphatic hydroxyl groups is 1. The van der Waals surface area contributed by atoms with Gasteiger partial charge in [0.1, 0.15) is 0 Å². The van der Waals surface area contributed by atoms with Crippen LogP contribution in [0.15, 0.2) is 0 Å². The van der Waals surface area contributed by atoms with Gasteiger partial charge in [-0.1, -0.05) is 13.8 Å². The van der Waals surface area contributed by atoms with E-state index in [4.69, 9.17) is 5.11 Å². The van der Waals surface area contributed by atoms with Crippen molar-refractivity contribution in [2.75, 3.05) is 20.1 Å². The summed E-state index contributed by atoms with van der Waals surface area (Å²) in [5, 5.41) is 9.04. The van der Waals surface area contributed by atoms with Crippen molar-refractivity contribution in [3.05, 3.63) is 0 Å². The van der Waals surface area contributed by atoms with Crippen molar-refractivity contribution in [1.29, 1.82) is 0 Å². The molecule has 0 bridgehead atoms. The van der Waals surface area contributed by atoms with Crippen LogP contribution in [0.3, 0.4) is 0 Å². The molecule has 0 saturated carbocycles. The van der Waals surface area contributed by atoms with Crippen LogP contribution in [0.1, 0.15) is 26.7 Å². The molecule has 0 aliphatic carbocycles. The molecule has 1 aliphatic rings. The van der Waals surface area contributed by atoms with E-state index < -0.39 is 0 Å². The predicted molar refractivity (Wildman–Crippen MR) is 44.1 cm³/mol. The van der Waals surface area contributed by atoms with Crippen molar-refractivity contribution >= 4 is 0 Å². The number of aliphatic hydroxyl groups excluding tert-OH is 1. The topological polar surface area (TPSA) is 23.5 Å². The number of β-amino-alcohol motifs (C(OH)–C–C–N with tert-alkyl or cyclic N) is 1. The van der Waals surface area contributed by atoms with Crippen molar-refractivity contribution in [3.63, 3.8) is 0 Å². The third kappa shape index (κ3) is 3.85. The Morgan fingerprint density at radius 1 is 1.40 bits per heavy atom. The standard InChI is InChI=1S/C6H13NO.C2H6/c1-7-4-2-3-6(8)5-7;1-2/h6,8H,2-5H2,1H3;1-2H3/t6-;/m0./s1. The lowest BCUT2D eigenvalue weighted by molar-refractivity contribution is 0.0846. The molecule has 0 unspecified atom stereocenters. The molecule has 1 fully saturated rings. The van der Waals surface area contributed by atoms with Crippen molar-refractivity contribution in [2.24, 2.45) is 0 Å². The fourth-order valence-electron chi connectivity index (χ4n) is 1.14. The summed E-state index contributed by atoms with van der Waals surface area (Å²) in [5.41, 5.74) is 0. The van der Waals surface area contributed by atoms with E-state index in [0.717, 1.165) is 25.9 Å². The van der Waals surface area contributed by atoms with Crippen LogP contribution < -0.4 is 0 Å². The van der Waals surface area contributed by atoms with Gasteiger partial charge in [-0.05, 0) is 26.4 Å². The van der Waals surface area contributed by atoms with Crippen LogP contribution in [0, 0.1) is 0 Å². The number of nitrogens with zero attached hydrogens (tertiary/aromatic N) is 1. The Kier molecular flexibility index (Phi) is 5.64. The highest BCUT2D eigenvalue weighted by molar-refractivity contribution is 4.67. The van der Waals surface area contributed by atoms with Crippen molar-refractivity contribution in [3.8, 4) is 0 Å². The van der Waals surface area contributed by atoms with E-state index in [1.54, 1.807) is 0 Å². The van der Waals surface area contributed by atoms with Gasteiger partial charge in [-0.25, -0.2) is 0 Å². The largest absolute Gasteiger partial charge is 0.392 e. The second-order valence-corrected chi connectivity index (χ2v) is 2.56. The van der Waals surface area contributed by atoms with Gasteiger partial charge in [-0.15, -0.1) is 0 Å². The summed E-state index contributed by atoms with van der Waals surface area (Å²) in [6.45, 7) is 6.01. The van der Waals surface area contributed by atoms with Gasteiger partial charge < -0.3 is 10.0 Å². The Balaban J connectivity index is 0.000000371. The Hall–Kier alpha value is -0.0800. The molecule has 2 nitrogen and oxygen atoms in total. The number of rotatable bonds is 0. The van der Waals surface area contributed by atoms with Crippen LogP contribution in [-0.2, 0) is 0 Å². The van der Waals surface area contributed by atoms with E-state index in [0.29, 0.717) is 0 Å². The number of piperidine rings is 1. The first-order valence-corrected chi connectivity index (χ1v) is 4.15. The average molecular weight is 145 g/mol. The van der Waals surface area contributed by atoms with E-state index in [2.05, 4.69) is 4.90 Å². The van der Waals surface area contributed by atoms with E-state index >= 15 is 0 Å². The highest BCUT2D eigenvalue weighted by atomic mass is 16.3. The molecule has 62 valence electrons. The monoisotopic (exact) mass is 145 g/mol. The fraction of sp³-hybridized carbons (Fsp3) is 1.00. The van der Waals surface area contributed by atoms with Crippen LogP contribution in [0.2, 0.25) is 0 Å². The van der Waals surface area contributed by atoms with Gasteiger partial charge in [0.2, 0.25) is 0 Å². The van der Waals surface area contributed by atoms with E-state index in [1.165, 1.54) is 0 Å². The zero-order valence-corrected chi connectivity index (χ0v) is 7.30. The first kappa shape index (κ1) is 9.92. The van der Waals surface area contributed by atoms with Gasteiger partial charge in [0.15, 0.2) is 0 Å². The zero-order chi connectivity index (χ0) is 7.98. The average Bonchev–Trinajstić information content (AvgIpc) is 1.91. The third-order valence-corrected chi connectivity index (χ3v) is 1.60. The molecule has 0 spiro atoms. The molecular formula is C8H19NO. The molecule has 0 amide bonds. The molecule has 1 atom stereocenters. The van der Waals surface area contributed by atoms with Gasteiger partial charge in [0.05, 0.1) is 6.10 Å². The quantitative estimate of drug-likeness (QED) is 0.551. The maximum absolute atomic E-state index is 9.04. The van der Waals surface area contributed by atoms with Crippen molar-refractivity contribution < 1.29 is 5.11 Å². The maximum Gasteiger partial charge on any atom is 0.0667 e. The second-order valence-electron chi connectivity index (χ2n) is 2.56. The number of likely N-dealkylation sites (N-methyl/N-ethyl adjacent to an activating group) is 1. The third-order valence-electron chi connectivity index (χ3n) is 1.60. The summed E-state index contributed by atoms with van der Waals surface area (Å²) in [5.74, 6) is 0. The fourth-order valence-corrected chi connectivity index (χ4v) is 1.14. The lowest BCUT2D eigenvalue weighted by Crippen LogP contribution is -2.34. The molecule has 0 aromatic heterocycles. The summed E-state index contributed by atoms with van der Waals surface area (Å²) in [6, 6.07) is 0. The van der Waals surface area contributed by atoms with Gasteiger partial charge >= 0.3 is 0 Å². The zero-order valence-electron chi connectivity index (χ0n) is 7.30. The van der Waals surface area contributed by atoms with Gasteiger partial charge in [-0.2, -0.15) is 0 Å². The predicted octanol–water partition coefficient (Wildman–Crippen LogP) is 1.10. The normalized spacial score (nSPS) is 27.0. The van der Waals surface area contributed by atoms with Gasteiger partial charge in [0, 0.05) is 6.54 Å². The van der Waals surface area contributed by atoms with E-state index in [9.17, 15) is 0 Å². The Bertz CT molecular complexity index is 67.7. The number of hydrogen-bond acceptors (Lipinski definition) is 2. The minimum atomic E-state index is -0.0613. The molecule has 1 aliphatic heterocycles. The van der Waals surface area contributed by atoms with Crippen molar-refractivity contribution in [2.45, 2.75) is 32.8 Å². The molecule has 10 heavy (non-hydrogen) atoms. The molecule has 1 N–H and O–H groups in total. The van der Waals surface area contributed by atoms with Crippen molar-refractivity contribution in [1.82, 2.24) is 4.90 Å². The van der Waals surface area contributed by atoms with Gasteiger partial charge in [0.25, 0.3) is 0 Å². The Labute approximate surface area is 63.8 Å². The summed E-state index contributed by atoms with van der Waals surface area (Å²) < 4.78 is 0. The summed E-state index contributed by atoms with van der Waals surface area (Å²) in [4.78, 5) is 2.16. The van der Waals surface area contributed by atoms with Gasteiger partial charge in [-0.3, -0.25) is 0 Å². The minimum Gasteiger partial charge on any atom is -0.392 e. The van der Waals surface area contributed by atoms with E-state index in [-0.39, 0.29) is 6.10 Å². The molecule has 2 heteroatoms. The molecular weight excluding hydrogens is 126 g/mol. The molecule has 0 aromatic carbocycles. The lowest BCUT2D eigenvalue weighted by Gasteiger charge is -2.25. The summed E-state index contributed by atoms with van der Waals surface area (Å²) in [7, 11) is 2.04. The Morgan fingerprint density at radius 2 is 2.00 bits per heavy atom. The summed E-state index contributed by atoms with van der Waals surface area (Å²) in [6.07, 6.45) is 2.08. The Morgan fingerprint density at radius 3 is 2.30 bits per heavy atom. The summed E-state index contributed by atoms with van der Waals surface area (Å²) >= 11 is 0. The molecule has 0 aromatic rings. The first-order chi connectivity index (χ1) is 4.79. The molecule has 1 rings (SSSR count). The SMILES string of the molecule is CC.CN1CCC[C@H](O)C1. The highest BCUT2D eigenvalue weighted by Gasteiger charge is 2.12.